The Balaban J connectivity index is 1.96. The standard InChI is InChI=1S/C23H36O4S/c1-3-4-5-6-7-8-9-10-11-12-19-26-22(24)17-18-23(25)27-20-13-15-21(28-2)16-14-20/h13-16H,3-12,17-19H2,1-2H3. The molecule has 0 spiro atoms. The van der Waals surface area contributed by atoms with Crippen molar-refractivity contribution in [3.8, 4) is 5.75 Å². The lowest BCUT2D eigenvalue weighted by Gasteiger charge is -2.06. The van der Waals surface area contributed by atoms with Gasteiger partial charge in [0.25, 0.3) is 0 Å². The molecule has 0 N–H and O–H groups in total. The number of ether oxygens (including phenoxy) is 2. The van der Waals surface area contributed by atoms with Gasteiger partial charge in [0.15, 0.2) is 0 Å². The van der Waals surface area contributed by atoms with Crippen molar-refractivity contribution in [2.24, 2.45) is 0 Å². The van der Waals surface area contributed by atoms with Gasteiger partial charge in [0.2, 0.25) is 0 Å². The van der Waals surface area contributed by atoms with Crippen LogP contribution in [0.1, 0.15) is 84.0 Å². The topological polar surface area (TPSA) is 52.6 Å². The van der Waals surface area contributed by atoms with Crippen molar-refractivity contribution in [3.05, 3.63) is 24.3 Å². The minimum Gasteiger partial charge on any atom is -0.466 e. The fraction of sp³-hybridized carbons (Fsp3) is 0.652. The van der Waals surface area contributed by atoms with Crippen molar-refractivity contribution in [1.29, 1.82) is 0 Å². The number of unbranched alkanes of at least 4 members (excludes halogenated alkanes) is 9. The summed E-state index contributed by atoms with van der Waals surface area (Å²) >= 11 is 1.63. The number of thioether (sulfide) groups is 1. The molecule has 0 unspecified atom stereocenters. The molecule has 0 aromatic heterocycles. The molecule has 158 valence electrons. The predicted molar refractivity (Wildman–Crippen MR) is 116 cm³/mol. The Morgan fingerprint density at radius 2 is 1.32 bits per heavy atom. The zero-order chi connectivity index (χ0) is 20.5. The highest BCUT2D eigenvalue weighted by Gasteiger charge is 2.10. The molecular weight excluding hydrogens is 372 g/mol. The fourth-order valence-electron chi connectivity index (χ4n) is 2.88. The molecule has 0 fully saturated rings. The first-order chi connectivity index (χ1) is 13.7. The average Bonchev–Trinajstić information content (AvgIpc) is 2.71. The highest BCUT2D eigenvalue weighted by Crippen LogP contribution is 2.19. The molecule has 0 aliphatic carbocycles. The SMILES string of the molecule is CCCCCCCCCCCCOC(=O)CCC(=O)Oc1ccc(SC)cc1. The van der Waals surface area contributed by atoms with Gasteiger partial charge in [0.05, 0.1) is 19.4 Å². The molecule has 0 bridgehead atoms. The molecule has 1 rings (SSSR count). The molecule has 0 radical (unpaired) electrons. The van der Waals surface area contributed by atoms with Crippen molar-refractivity contribution in [2.45, 2.75) is 88.9 Å². The number of carbonyl (C=O) groups is 2. The molecule has 0 aliphatic heterocycles. The second-order valence-corrected chi connectivity index (χ2v) is 7.93. The molecule has 0 atom stereocenters. The van der Waals surface area contributed by atoms with Gasteiger partial charge in [-0.3, -0.25) is 9.59 Å². The van der Waals surface area contributed by atoms with Crippen LogP contribution in [0, 0.1) is 0 Å². The number of hydrogen-bond donors (Lipinski definition) is 0. The maximum atomic E-state index is 11.8. The minimum atomic E-state index is -0.409. The van der Waals surface area contributed by atoms with Crippen LogP contribution in [-0.2, 0) is 14.3 Å². The maximum absolute atomic E-state index is 11.8. The van der Waals surface area contributed by atoms with Crippen LogP contribution in [0.4, 0.5) is 0 Å². The Hall–Kier alpha value is -1.49. The van der Waals surface area contributed by atoms with E-state index >= 15 is 0 Å². The van der Waals surface area contributed by atoms with Crippen LogP contribution in [0.15, 0.2) is 29.2 Å². The van der Waals surface area contributed by atoms with Crippen LogP contribution in [0.25, 0.3) is 0 Å². The van der Waals surface area contributed by atoms with Crippen molar-refractivity contribution < 1.29 is 19.1 Å². The Morgan fingerprint density at radius 3 is 1.89 bits per heavy atom. The van der Waals surface area contributed by atoms with Crippen molar-refractivity contribution in [3.63, 3.8) is 0 Å². The summed E-state index contributed by atoms with van der Waals surface area (Å²) in [5.74, 6) is -0.236. The Labute approximate surface area is 174 Å². The largest absolute Gasteiger partial charge is 0.466 e. The quantitative estimate of drug-likeness (QED) is 0.134. The summed E-state index contributed by atoms with van der Waals surface area (Å²) in [6, 6.07) is 7.31. The molecule has 4 nitrogen and oxygen atoms in total. The van der Waals surface area contributed by atoms with Crippen LogP contribution >= 0.6 is 11.8 Å². The maximum Gasteiger partial charge on any atom is 0.311 e. The lowest BCUT2D eigenvalue weighted by atomic mass is 10.1. The van der Waals surface area contributed by atoms with Gasteiger partial charge in [0, 0.05) is 4.90 Å². The fourth-order valence-corrected chi connectivity index (χ4v) is 3.29. The smallest absolute Gasteiger partial charge is 0.311 e. The van der Waals surface area contributed by atoms with E-state index in [0.717, 1.165) is 17.7 Å². The minimum absolute atomic E-state index is 0.0428. The summed E-state index contributed by atoms with van der Waals surface area (Å²) in [6.45, 7) is 2.69. The lowest BCUT2D eigenvalue weighted by molar-refractivity contribution is -0.147. The van der Waals surface area contributed by atoms with E-state index in [9.17, 15) is 9.59 Å². The molecule has 1 aromatic carbocycles. The lowest BCUT2D eigenvalue weighted by Crippen LogP contribution is -2.12. The number of esters is 2. The molecule has 0 heterocycles. The summed E-state index contributed by atoms with van der Waals surface area (Å²) in [5, 5.41) is 0. The summed E-state index contributed by atoms with van der Waals surface area (Å²) in [7, 11) is 0. The molecule has 0 amide bonds. The molecule has 0 saturated heterocycles. The number of carbonyl (C=O) groups excluding carboxylic acids is 2. The zero-order valence-corrected chi connectivity index (χ0v) is 18.4. The van der Waals surface area contributed by atoms with Crippen LogP contribution in [0.5, 0.6) is 5.75 Å². The van der Waals surface area contributed by atoms with Gasteiger partial charge < -0.3 is 9.47 Å². The van der Waals surface area contributed by atoms with Crippen molar-refractivity contribution in [1.82, 2.24) is 0 Å². The average molecular weight is 409 g/mol. The van der Waals surface area contributed by atoms with Gasteiger partial charge in [-0.05, 0) is 36.9 Å². The highest BCUT2D eigenvalue weighted by molar-refractivity contribution is 7.98. The van der Waals surface area contributed by atoms with Gasteiger partial charge in [-0.15, -0.1) is 11.8 Å². The van der Waals surface area contributed by atoms with E-state index in [0.29, 0.717) is 12.4 Å². The van der Waals surface area contributed by atoms with Crippen molar-refractivity contribution in [2.75, 3.05) is 12.9 Å². The molecule has 28 heavy (non-hydrogen) atoms. The van der Waals surface area contributed by atoms with E-state index in [-0.39, 0.29) is 18.8 Å². The number of benzene rings is 1. The summed E-state index contributed by atoms with van der Waals surface area (Å²) < 4.78 is 10.4. The van der Waals surface area contributed by atoms with E-state index in [2.05, 4.69) is 6.92 Å². The number of rotatable bonds is 16. The summed E-state index contributed by atoms with van der Waals surface area (Å²) in [4.78, 5) is 24.6. The molecule has 0 aliphatic rings. The normalized spacial score (nSPS) is 10.6. The third-order valence-electron chi connectivity index (χ3n) is 4.59. The Kier molecular flexibility index (Phi) is 14.4. The monoisotopic (exact) mass is 408 g/mol. The molecular formula is C23H36O4S. The second kappa shape index (κ2) is 16.5. The molecule has 5 heteroatoms. The first-order valence-corrected chi connectivity index (χ1v) is 11.9. The summed E-state index contributed by atoms with van der Waals surface area (Å²) in [6.07, 6.45) is 14.6. The Morgan fingerprint density at radius 1 is 0.786 bits per heavy atom. The van der Waals surface area contributed by atoms with Crippen LogP contribution in [0.3, 0.4) is 0 Å². The highest BCUT2D eigenvalue weighted by atomic mass is 32.2. The van der Waals surface area contributed by atoms with Crippen LogP contribution < -0.4 is 4.74 Å². The van der Waals surface area contributed by atoms with E-state index in [4.69, 9.17) is 9.47 Å². The van der Waals surface area contributed by atoms with E-state index in [1.807, 2.05) is 18.4 Å². The van der Waals surface area contributed by atoms with Gasteiger partial charge >= 0.3 is 11.9 Å². The van der Waals surface area contributed by atoms with E-state index in [1.165, 1.54) is 51.4 Å². The van der Waals surface area contributed by atoms with Gasteiger partial charge in [0.1, 0.15) is 5.75 Å². The van der Waals surface area contributed by atoms with Gasteiger partial charge in [-0.1, -0.05) is 64.7 Å². The third kappa shape index (κ3) is 12.8. The van der Waals surface area contributed by atoms with Gasteiger partial charge in [-0.25, -0.2) is 0 Å². The Bertz CT molecular complexity index is 542. The summed E-state index contributed by atoms with van der Waals surface area (Å²) in [5.41, 5.74) is 0. The predicted octanol–water partition coefficient (Wildman–Crippen LogP) is 6.56. The third-order valence-corrected chi connectivity index (χ3v) is 5.33. The van der Waals surface area contributed by atoms with Crippen LogP contribution in [0.2, 0.25) is 0 Å². The van der Waals surface area contributed by atoms with Crippen LogP contribution in [-0.4, -0.2) is 24.8 Å². The van der Waals surface area contributed by atoms with Crippen molar-refractivity contribution >= 4 is 23.7 Å². The zero-order valence-electron chi connectivity index (χ0n) is 17.5. The first kappa shape index (κ1) is 24.5. The van der Waals surface area contributed by atoms with E-state index < -0.39 is 5.97 Å². The number of hydrogen-bond acceptors (Lipinski definition) is 5. The molecule has 1 aromatic rings. The van der Waals surface area contributed by atoms with E-state index in [1.54, 1.807) is 23.9 Å². The second-order valence-electron chi connectivity index (χ2n) is 7.05. The van der Waals surface area contributed by atoms with Gasteiger partial charge in [-0.2, -0.15) is 0 Å². The first-order valence-electron chi connectivity index (χ1n) is 10.7. The molecule has 0 saturated carbocycles.